The number of hydrogen-bond acceptors (Lipinski definition) is 2. The molecule has 2 aromatic carbocycles. The fraction of sp³-hybridized carbons (Fsp3) is 0.200. The lowest BCUT2D eigenvalue weighted by Crippen LogP contribution is -2.29. The van der Waals surface area contributed by atoms with Crippen LogP contribution in [0.3, 0.4) is 0 Å². The zero-order valence-electron chi connectivity index (χ0n) is 11.5. The van der Waals surface area contributed by atoms with Crippen molar-refractivity contribution in [2.24, 2.45) is 5.84 Å². The van der Waals surface area contributed by atoms with E-state index in [4.69, 9.17) is 5.84 Å². The van der Waals surface area contributed by atoms with Crippen molar-refractivity contribution < 1.29 is 26.3 Å². The van der Waals surface area contributed by atoms with Gasteiger partial charge < -0.3 is 0 Å². The van der Waals surface area contributed by atoms with Crippen LogP contribution in [-0.4, -0.2) is 0 Å². The third kappa shape index (κ3) is 4.02. The molecule has 2 aromatic rings. The molecular weight excluding hydrogens is 322 g/mol. The second-order valence-electron chi connectivity index (χ2n) is 4.84. The molecule has 0 unspecified atom stereocenters. The highest BCUT2D eigenvalue weighted by Crippen LogP contribution is 2.33. The van der Waals surface area contributed by atoms with E-state index in [9.17, 15) is 26.3 Å². The van der Waals surface area contributed by atoms with Crippen LogP contribution in [0.25, 0.3) is 0 Å². The molecule has 3 N–H and O–H groups in total. The summed E-state index contributed by atoms with van der Waals surface area (Å²) in [7, 11) is 0. The average Bonchev–Trinajstić information content (AvgIpc) is 2.47. The molecule has 0 saturated carbocycles. The molecule has 0 amide bonds. The van der Waals surface area contributed by atoms with Gasteiger partial charge in [-0.15, -0.1) is 0 Å². The summed E-state index contributed by atoms with van der Waals surface area (Å²) in [5, 5.41) is 0. The standard InChI is InChI=1S/C15H12F6N2/c16-14(17,18)11-6-4-9(5-7-11)13(23-22)10-2-1-3-12(8-10)15(19,20)21/h1-8,13,23H,22H2/t13-/m0/s1. The van der Waals surface area contributed by atoms with Gasteiger partial charge in [0.15, 0.2) is 0 Å². The Balaban J connectivity index is 2.37. The van der Waals surface area contributed by atoms with Crippen LogP contribution < -0.4 is 11.3 Å². The summed E-state index contributed by atoms with van der Waals surface area (Å²) in [5.74, 6) is 5.37. The van der Waals surface area contributed by atoms with Crippen LogP contribution >= 0.6 is 0 Å². The molecular formula is C15H12F6N2. The van der Waals surface area contributed by atoms with E-state index in [1.54, 1.807) is 0 Å². The Kier molecular flexibility index (Phi) is 4.67. The van der Waals surface area contributed by atoms with Crippen LogP contribution in [0.4, 0.5) is 26.3 Å². The van der Waals surface area contributed by atoms with E-state index in [2.05, 4.69) is 5.43 Å². The summed E-state index contributed by atoms with van der Waals surface area (Å²) in [6.45, 7) is 0. The second kappa shape index (κ2) is 6.21. The highest BCUT2D eigenvalue weighted by Gasteiger charge is 2.32. The number of alkyl halides is 6. The number of rotatable bonds is 3. The molecule has 0 aromatic heterocycles. The van der Waals surface area contributed by atoms with Crippen LogP contribution in [-0.2, 0) is 12.4 Å². The Morgan fingerprint density at radius 1 is 0.739 bits per heavy atom. The first-order valence-corrected chi connectivity index (χ1v) is 6.43. The summed E-state index contributed by atoms with van der Waals surface area (Å²) in [4.78, 5) is 0. The molecule has 0 aliphatic carbocycles. The molecule has 0 fully saturated rings. The molecule has 0 aliphatic rings. The monoisotopic (exact) mass is 334 g/mol. The molecule has 1 atom stereocenters. The fourth-order valence-electron chi connectivity index (χ4n) is 2.14. The second-order valence-corrected chi connectivity index (χ2v) is 4.84. The highest BCUT2D eigenvalue weighted by molar-refractivity contribution is 5.36. The van der Waals surface area contributed by atoms with Crippen molar-refractivity contribution in [3.05, 3.63) is 70.8 Å². The third-order valence-corrected chi connectivity index (χ3v) is 3.29. The fourth-order valence-corrected chi connectivity index (χ4v) is 2.14. The van der Waals surface area contributed by atoms with Crippen molar-refractivity contribution >= 4 is 0 Å². The molecule has 8 heteroatoms. The molecule has 0 spiro atoms. The molecule has 0 radical (unpaired) electrons. The van der Waals surface area contributed by atoms with Gasteiger partial charge in [-0.1, -0.05) is 24.3 Å². The Labute approximate surface area is 127 Å². The zero-order chi connectivity index (χ0) is 17.3. The van der Waals surface area contributed by atoms with Gasteiger partial charge >= 0.3 is 12.4 Å². The Morgan fingerprint density at radius 2 is 1.30 bits per heavy atom. The van der Waals surface area contributed by atoms with Gasteiger partial charge in [0.05, 0.1) is 17.2 Å². The lowest BCUT2D eigenvalue weighted by molar-refractivity contribution is -0.138. The summed E-state index contributed by atoms with van der Waals surface area (Å²) in [6, 6.07) is 7.64. The number of nitrogens with one attached hydrogen (secondary N) is 1. The lowest BCUT2D eigenvalue weighted by atomic mass is 9.96. The SMILES string of the molecule is NN[C@@H](c1ccc(C(F)(F)F)cc1)c1cccc(C(F)(F)F)c1. The van der Waals surface area contributed by atoms with E-state index in [-0.39, 0.29) is 5.56 Å². The van der Waals surface area contributed by atoms with Crippen molar-refractivity contribution in [1.82, 2.24) is 5.43 Å². The minimum absolute atomic E-state index is 0.196. The number of hydrogen-bond donors (Lipinski definition) is 2. The van der Waals surface area contributed by atoms with E-state index in [0.717, 1.165) is 24.3 Å². The van der Waals surface area contributed by atoms with E-state index in [1.165, 1.54) is 24.3 Å². The van der Waals surface area contributed by atoms with Gasteiger partial charge in [0.1, 0.15) is 0 Å². The van der Waals surface area contributed by atoms with Crippen LogP contribution in [0.1, 0.15) is 28.3 Å². The van der Waals surface area contributed by atoms with Gasteiger partial charge in [-0.2, -0.15) is 26.3 Å². The third-order valence-electron chi connectivity index (χ3n) is 3.29. The van der Waals surface area contributed by atoms with Crippen molar-refractivity contribution in [2.75, 3.05) is 0 Å². The molecule has 2 nitrogen and oxygen atoms in total. The summed E-state index contributed by atoms with van der Waals surface area (Å²) >= 11 is 0. The first-order valence-electron chi connectivity index (χ1n) is 6.43. The van der Waals surface area contributed by atoms with Gasteiger partial charge in [-0.25, -0.2) is 5.43 Å². The number of nitrogens with two attached hydrogens (primary N) is 1. The molecule has 0 aliphatic heterocycles. The van der Waals surface area contributed by atoms with Crippen molar-refractivity contribution in [3.8, 4) is 0 Å². The maximum Gasteiger partial charge on any atom is 0.416 e. The quantitative estimate of drug-likeness (QED) is 0.500. The Hall–Kier alpha value is -2.06. The van der Waals surface area contributed by atoms with Crippen molar-refractivity contribution in [1.29, 1.82) is 0 Å². The minimum Gasteiger partial charge on any atom is -0.271 e. The molecule has 124 valence electrons. The molecule has 2 rings (SSSR count). The largest absolute Gasteiger partial charge is 0.416 e. The maximum atomic E-state index is 12.7. The number of benzene rings is 2. The molecule has 0 saturated heterocycles. The normalized spacial score (nSPS) is 13.9. The summed E-state index contributed by atoms with van der Waals surface area (Å²) in [5.41, 5.74) is 1.13. The van der Waals surface area contributed by atoms with Gasteiger partial charge in [0.2, 0.25) is 0 Å². The predicted molar refractivity (Wildman–Crippen MR) is 72.1 cm³/mol. The lowest BCUT2D eigenvalue weighted by Gasteiger charge is -2.19. The Bertz CT molecular complexity index is 661. The smallest absolute Gasteiger partial charge is 0.271 e. The van der Waals surface area contributed by atoms with Crippen LogP contribution in [0.5, 0.6) is 0 Å². The van der Waals surface area contributed by atoms with Gasteiger partial charge in [0, 0.05) is 0 Å². The minimum atomic E-state index is -4.52. The first kappa shape index (κ1) is 17.3. The van der Waals surface area contributed by atoms with Crippen LogP contribution in [0.2, 0.25) is 0 Å². The van der Waals surface area contributed by atoms with Crippen molar-refractivity contribution in [2.45, 2.75) is 18.4 Å². The summed E-state index contributed by atoms with van der Waals surface area (Å²) in [6.07, 6.45) is -9.00. The topological polar surface area (TPSA) is 38.0 Å². The molecule has 0 heterocycles. The van der Waals surface area contributed by atoms with Crippen LogP contribution in [0, 0.1) is 0 Å². The average molecular weight is 334 g/mol. The first-order chi connectivity index (χ1) is 10.6. The van der Waals surface area contributed by atoms with Gasteiger partial charge in [0.25, 0.3) is 0 Å². The predicted octanol–water partition coefficient (Wildman–Crippen LogP) is 4.28. The van der Waals surface area contributed by atoms with Crippen molar-refractivity contribution in [3.63, 3.8) is 0 Å². The summed E-state index contributed by atoms with van der Waals surface area (Å²) < 4.78 is 75.9. The van der Waals surface area contributed by atoms with Gasteiger partial charge in [-0.05, 0) is 35.4 Å². The van der Waals surface area contributed by atoms with Gasteiger partial charge in [-0.3, -0.25) is 5.84 Å². The molecule has 23 heavy (non-hydrogen) atoms. The van der Waals surface area contributed by atoms with E-state index in [1.807, 2.05) is 0 Å². The number of hydrazine groups is 1. The van der Waals surface area contributed by atoms with E-state index < -0.39 is 29.5 Å². The van der Waals surface area contributed by atoms with Crippen LogP contribution in [0.15, 0.2) is 48.5 Å². The molecule has 0 bridgehead atoms. The van der Waals surface area contributed by atoms with E-state index in [0.29, 0.717) is 5.56 Å². The Morgan fingerprint density at radius 3 is 1.78 bits per heavy atom. The highest BCUT2D eigenvalue weighted by atomic mass is 19.4. The van der Waals surface area contributed by atoms with E-state index >= 15 is 0 Å². The number of halogens is 6. The zero-order valence-corrected chi connectivity index (χ0v) is 11.5. The maximum absolute atomic E-state index is 12.7.